The average Bonchev–Trinajstić information content (AvgIpc) is 3.67. The number of nitriles is 1. The van der Waals surface area contributed by atoms with Crippen molar-refractivity contribution >= 4 is 29.0 Å². The van der Waals surface area contributed by atoms with Crippen LogP contribution in [0, 0.1) is 11.3 Å². The first kappa shape index (κ1) is 25.5. The fourth-order valence-electron chi connectivity index (χ4n) is 4.63. The molecule has 202 valence electrons. The Morgan fingerprint density at radius 3 is 2.67 bits per heavy atom. The molecule has 3 heterocycles. The van der Waals surface area contributed by atoms with E-state index in [-0.39, 0.29) is 18.4 Å². The molecule has 2 amide bonds. The molecule has 2 aliphatic rings. The molecule has 2 fully saturated rings. The summed E-state index contributed by atoms with van der Waals surface area (Å²) in [7, 11) is 0. The molecule has 1 aliphatic carbocycles. The van der Waals surface area contributed by atoms with E-state index in [1.165, 1.54) is 4.52 Å². The summed E-state index contributed by atoms with van der Waals surface area (Å²) in [6.07, 6.45) is 3.26. The van der Waals surface area contributed by atoms with Gasteiger partial charge in [-0.1, -0.05) is 18.2 Å². The highest BCUT2D eigenvalue weighted by Gasteiger charge is 2.45. The summed E-state index contributed by atoms with van der Waals surface area (Å²) in [5.41, 5.74) is 2.03. The second kappa shape index (κ2) is 10.8. The van der Waals surface area contributed by atoms with Gasteiger partial charge in [0, 0.05) is 36.5 Å². The number of carbonyl (C=O) groups excluding carboxylic acids is 2. The van der Waals surface area contributed by atoms with E-state index < -0.39 is 5.41 Å². The van der Waals surface area contributed by atoms with Gasteiger partial charge in [0.15, 0.2) is 11.5 Å². The number of imidazole rings is 1. The third-order valence-corrected chi connectivity index (χ3v) is 6.99. The number of carbonyl (C=O) groups is 2. The third kappa shape index (κ3) is 5.63. The van der Waals surface area contributed by atoms with Crippen LogP contribution in [0.5, 0.6) is 11.6 Å². The Balaban J connectivity index is 1.10. The van der Waals surface area contributed by atoms with Crippen molar-refractivity contribution in [1.29, 1.82) is 5.26 Å². The van der Waals surface area contributed by atoms with Crippen molar-refractivity contribution in [1.82, 2.24) is 19.5 Å². The summed E-state index contributed by atoms with van der Waals surface area (Å²) >= 11 is 0. The van der Waals surface area contributed by atoms with Crippen LogP contribution in [0.15, 0.2) is 66.9 Å². The average molecular weight is 538 g/mol. The minimum atomic E-state index is -0.456. The highest BCUT2D eigenvalue weighted by atomic mass is 16.5. The van der Waals surface area contributed by atoms with Crippen LogP contribution in [0.3, 0.4) is 0 Å². The van der Waals surface area contributed by atoms with Crippen LogP contribution >= 0.6 is 0 Å². The molecule has 1 saturated heterocycles. The van der Waals surface area contributed by atoms with Crippen LogP contribution in [-0.4, -0.2) is 64.2 Å². The lowest BCUT2D eigenvalue weighted by molar-refractivity contribution is -0.118. The molecule has 2 aromatic carbocycles. The maximum absolute atomic E-state index is 12.9. The van der Waals surface area contributed by atoms with Gasteiger partial charge in [-0.15, -0.1) is 5.10 Å². The molecule has 4 aromatic rings. The number of aromatic nitrogens is 3. The van der Waals surface area contributed by atoms with Gasteiger partial charge in [-0.25, -0.2) is 9.50 Å². The molecule has 0 bridgehead atoms. The number of benzene rings is 2. The summed E-state index contributed by atoms with van der Waals surface area (Å²) < 4.78 is 12.8. The van der Waals surface area contributed by atoms with E-state index in [4.69, 9.17) is 9.47 Å². The topological polar surface area (TPSA) is 134 Å². The zero-order valence-electron chi connectivity index (χ0n) is 21.7. The summed E-state index contributed by atoms with van der Waals surface area (Å²) in [6.45, 7) is 2.98. The first-order valence-electron chi connectivity index (χ1n) is 13.1. The number of ether oxygens (including phenoxy) is 2. The van der Waals surface area contributed by atoms with E-state index in [9.17, 15) is 14.9 Å². The molecule has 2 N–H and O–H groups in total. The molecular weight excluding hydrogens is 510 g/mol. The van der Waals surface area contributed by atoms with E-state index in [1.807, 2.05) is 11.0 Å². The van der Waals surface area contributed by atoms with Gasteiger partial charge in [0.25, 0.3) is 5.91 Å². The molecule has 0 atom stereocenters. The molecule has 1 aliphatic heterocycles. The monoisotopic (exact) mass is 537 g/mol. The Kier molecular flexibility index (Phi) is 6.86. The maximum Gasteiger partial charge on any atom is 0.255 e. The highest BCUT2D eigenvalue weighted by molar-refractivity contribution is 6.04. The molecular formula is C29H27N7O4. The van der Waals surface area contributed by atoms with Crippen molar-refractivity contribution < 1.29 is 19.1 Å². The van der Waals surface area contributed by atoms with E-state index in [0.717, 1.165) is 31.5 Å². The minimum Gasteiger partial charge on any atom is -0.438 e. The SMILES string of the molecule is N#CC1(c2cccc(C(=O)Nc3cccc(Oc4ccc5nc(NC(=O)CN6CCOCC6)cn5n4)c3)c2)CC1. The van der Waals surface area contributed by atoms with E-state index in [2.05, 4.69) is 26.8 Å². The van der Waals surface area contributed by atoms with Gasteiger partial charge in [0.2, 0.25) is 11.8 Å². The van der Waals surface area contributed by atoms with Crippen molar-refractivity contribution in [3.05, 3.63) is 78.0 Å². The number of fused-ring (bicyclic) bond motifs is 1. The Hall–Kier alpha value is -4.79. The minimum absolute atomic E-state index is 0.149. The number of amides is 2. The van der Waals surface area contributed by atoms with Crippen LogP contribution in [0.1, 0.15) is 28.8 Å². The van der Waals surface area contributed by atoms with Crippen molar-refractivity contribution in [2.75, 3.05) is 43.5 Å². The van der Waals surface area contributed by atoms with Crippen molar-refractivity contribution in [2.45, 2.75) is 18.3 Å². The Labute approximate surface area is 230 Å². The van der Waals surface area contributed by atoms with Gasteiger partial charge in [-0.3, -0.25) is 14.5 Å². The Bertz CT molecular complexity index is 1620. The van der Waals surface area contributed by atoms with Gasteiger partial charge < -0.3 is 20.1 Å². The van der Waals surface area contributed by atoms with E-state index in [0.29, 0.717) is 47.6 Å². The molecule has 6 rings (SSSR count). The fourth-order valence-corrected chi connectivity index (χ4v) is 4.63. The first-order chi connectivity index (χ1) is 19.5. The molecule has 1 saturated carbocycles. The molecule has 0 unspecified atom stereocenters. The van der Waals surface area contributed by atoms with E-state index >= 15 is 0 Å². The van der Waals surface area contributed by atoms with Gasteiger partial charge >= 0.3 is 0 Å². The standard InChI is InChI=1S/C29H27N7O4/c30-19-29(9-10-29)21-4-1-3-20(15-21)28(38)31-22-5-2-6-23(16-22)40-27-8-7-25-32-24(17-36(25)34-27)33-26(37)18-35-11-13-39-14-12-35/h1-8,15-17H,9-14,18H2,(H,31,38)(H,33,37). The number of hydrogen-bond donors (Lipinski definition) is 2. The zero-order chi connectivity index (χ0) is 27.5. The van der Waals surface area contributed by atoms with Gasteiger partial charge in [0.1, 0.15) is 5.75 Å². The van der Waals surface area contributed by atoms with E-state index in [1.54, 1.807) is 60.8 Å². The molecule has 0 spiro atoms. The number of nitrogens with zero attached hydrogens (tertiary/aromatic N) is 5. The van der Waals surface area contributed by atoms with Crippen molar-refractivity contribution in [2.24, 2.45) is 0 Å². The van der Waals surface area contributed by atoms with Gasteiger partial charge in [0.05, 0.1) is 37.4 Å². The van der Waals surface area contributed by atoms with Gasteiger partial charge in [-0.2, -0.15) is 5.26 Å². The normalized spacial score (nSPS) is 16.2. The van der Waals surface area contributed by atoms with Crippen molar-refractivity contribution in [3.8, 4) is 17.7 Å². The lowest BCUT2D eigenvalue weighted by Gasteiger charge is -2.25. The van der Waals surface area contributed by atoms with Crippen LogP contribution in [0.4, 0.5) is 11.5 Å². The number of hydrogen-bond acceptors (Lipinski definition) is 8. The Morgan fingerprint density at radius 1 is 1.05 bits per heavy atom. The predicted molar refractivity (Wildman–Crippen MR) is 146 cm³/mol. The number of morpholine rings is 1. The van der Waals surface area contributed by atoms with Crippen LogP contribution < -0.4 is 15.4 Å². The summed E-state index contributed by atoms with van der Waals surface area (Å²) in [4.78, 5) is 31.8. The Morgan fingerprint density at radius 2 is 1.88 bits per heavy atom. The van der Waals surface area contributed by atoms with Crippen molar-refractivity contribution in [3.63, 3.8) is 0 Å². The molecule has 11 heteroatoms. The van der Waals surface area contributed by atoms with Crippen LogP contribution in [0.25, 0.3) is 5.65 Å². The fraction of sp³-hybridized carbons (Fsp3) is 0.276. The zero-order valence-corrected chi connectivity index (χ0v) is 21.7. The quantitative estimate of drug-likeness (QED) is 0.348. The van der Waals surface area contributed by atoms with Crippen LogP contribution in [-0.2, 0) is 14.9 Å². The second-order valence-corrected chi connectivity index (χ2v) is 9.90. The molecule has 0 radical (unpaired) electrons. The molecule has 40 heavy (non-hydrogen) atoms. The predicted octanol–water partition coefficient (Wildman–Crippen LogP) is 3.60. The van der Waals surface area contributed by atoms with Crippen LogP contribution in [0.2, 0.25) is 0 Å². The first-order valence-corrected chi connectivity index (χ1v) is 13.1. The number of rotatable bonds is 8. The smallest absolute Gasteiger partial charge is 0.255 e. The molecule has 11 nitrogen and oxygen atoms in total. The summed E-state index contributed by atoms with van der Waals surface area (Å²) in [6, 6.07) is 20.0. The summed E-state index contributed by atoms with van der Waals surface area (Å²) in [5.74, 6) is 0.787. The lowest BCUT2D eigenvalue weighted by atomic mass is 9.96. The van der Waals surface area contributed by atoms with Gasteiger partial charge in [-0.05, 0) is 48.7 Å². The molecule has 2 aromatic heterocycles. The maximum atomic E-state index is 12.9. The largest absolute Gasteiger partial charge is 0.438 e. The third-order valence-electron chi connectivity index (χ3n) is 6.99. The lowest BCUT2D eigenvalue weighted by Crippen LogP contribution is -2.41. The highest BCUT2D eigenvalue weighted by Crippen LogP contribution is 2.47. The second-order valence-electron chi connectivity index (χ2n) is 9.90. The number of anilines is 2. The summed E-state index contributed by atoms with van der Waals surface area (Å²) in [5, 5.41) is 19.6. The number of nitrogens with one attached hydrogen (secondary N) is 2.